The quantitative estimate of drug-likeness (QED) is 0.521. The topological polar surface area (TPSA) is 73.8 Å². The van der Waals surface area contributed by atoms with Gasteiger partial charge in [-0.2, -0.15) is 0 Å². The average Bonchev–Trinajstić information content (AvgIpc) is 3.15. The van der Waals surface area contributed by atoms with Crippen molar-refractivity contribution >= 4 is 16.7 Å². The lowest BCUT2D eigenvalue weighted by Crippen LogP contribution is -2.13. The van der Waals surface area contributed by atoms with E-state index in [4.69, 9.17) is 0 Å². The van der Waals surface area contributed by atoms with Crippen LogP contribution in [0.4, 0.5) is 5.82 Å². The van der Waals surface area contributed by atoms with Crippen LogP contribution in [0.1, 0.15) is 11.7 Å². The predicted octanol–water partition coefficient (Wildman–Crippen LogP) is 3.77. The molecule has 0 saturated carbocycles. The van der Waals surface area contributed by atoms with E-state index in [1.807, 2.05) is 60.8 Å². The summed E-state index contributed by atoms with van der Waals surface area (Å²) in [4.78, 5) is 11.8. The van der Waals surface area contributed by atoms with Gasteiger partial charge in [-0.15, -0.1) is 0 Å². The van der Waals surface area contributed by atoms with Crippen LogP contribution in [0, 0.1) is 0 Å². The van der Waals surface area contributed by atoms with E-state index in [0.29, 0.717) is 12.4 Å². The largest absolute Gasteiger partial charge is 0.387 e. The van der Waals surface area contributed by atoms with Crippen LogP contribution < -0.4 is 5.32 Å². The molecule has 1 unspecified atom stereocenters. The molecule has 4 rings (SSSR count). The predicted molar refractivity (Wildman–Crippen MR) is 99.2 cm³/mol. The third-order valence-electron chi connectivity index (χ3n) is 4.18. The molecule has 4 aromatic rings. The summed E-state index contributed by atoms with van der Waals surface area (Å²) < 4.78 is 0. The molecule has 0 radical (unpaired) electrons. The smallest absolute Gasteiger partial charge is 0.130 e. The molecule has 2 aromatic heterocycles. The summed E-state index contributed by atoms with van der Waals surface area (Å²) in [6.07, 6.45) is 2.87. The van der Waals surface area contributed by atoms with Gasteiger partial charge in [-0.3, -0.25) is 0 Å². The van der Waals surface area contributed by atoms with Crippen LogP contribution in [0.25, 0.3) is 22.2 Å². The highest BCUT2D eigenvalue weighted by atomic mass is 16.3. The van der Waals surface area contributed by atoms with Gasteiger partial charge in [0.05, 0.1) is 11.8 Å². The summed E-state index contributed by atoms with van der Waals surface area (Å²) in [6.45, 7) is 0.386. The lowest BCUT2D eigenvalue weighted by atomic mass is 10.1. The minimum atomic E-state index is -0.587. The third kappa shape index (κ3) is 3.36. The molecule has 2 heterocycles. The Hall–Kier alpha value is -3.18. The fourth-order valence-electron chi connectivity index (χ4n) is 2.82. The fourth-order valence-corrected chi connectivity index (χ4v) is 2.82. The van der Waals surface area contributed by atoms with Crippen molar-refractivity contribution in [3.63, 3.8) is 0 Å². The van der Waals surface area contributed by atoms with Gasteiger partial charge in [-0.25, -0.2) is 9.97 Å². The van der Waals surface area contributed by atoms with E-state index >= 15 is 0 Å². The number of hydrogen-bond donors (Lipinski definition) is 3. The number of H-pyrrole nitrogens is 1. The van der Waals surface area contributed by atoms with Crippen LogP contribution in [0.5, 0.6) is 0 Å². The molecule has 2 aromatic carbocycles. The second-order valence-electron chi connectivity index (χ2n) is 5.88. The number of nitrogens with zero attached hydrogens (tertiary/aromatic N) is 2. The van der Waals surface area contributed by atoms with Crippen molar-refractivity contribution in [2.24, 2.45) is 0 Å². The second kappa shape index (κ2) is 6.75. The molecule has 0 aliphatic carbocycles. The molecule has 0 aliphatic heterocycles. The number of rotatable bonds is 5. The summed E-state index contributed by atoms with van der Waals surface area (Å²) in [5.41, 5.74) is 3.85. The van der Waals surface area contributed by atoms with Crippen molar-refractivity contribution in [1.29, 1.82) is 0 Å². The van der Waals surface area contributed by atoms with Crippen molar-refractivity contribution in [3.05, 3.63) is 78.8 Å². The molecule has 0 amide bonds. The van der Waals surface area contributed by atoms with Gasteiger partial charge in [0.1, 0.15) is 12.1 Å². The Bertz CT molecular complexity index is 981. The zero-order valence-electron chi connectivity index (χ0n) is 13.6. The normalized spacial score (nSPS) is 12.2. The van der Waals surface area contributed by atoms with Gasteiger partial charge in [0.25, 0.3) is 0 Å². The molecule has 3 N–H and O–H groups in total. The van der Waals surface area contributed by atoms with E-state index in [0.717, 1.165) is 27.7 Å². The Morgan fingerprint density at radius 3 is 2.76 bits per heavy atom. The number of fused-ring (bicyclic) bond motifs is 1. The summed E-state index contributed by atoms with van der Waals surface area (Å²) in [7, 11) is 0. The molecule has 124 valence electrons. The van der Waals surface area contributed by atoms with Crippen molar-refractivity contribution < 1.29 is 5.11 Å². The Labute approximate surface area is 145 Å². The van der Waals surface area contributed by atoms with E-state index in [-0.39, 0.29) is 0 Å². The van der Waals surface area contributed by atoms with Crippen LogP contribution in [-0.2, 0) is 0 Å². The maximum Gasteiger partial charge on any atom is 0.130 e. The standard InChI is InChI=1S/C20H18N4O/c25-19(14-4-2-1-3-5-14)12-22-20-11-18(23-13-24-20)15-6-7-17-16(10-15)8-9-21-17/h1-11,13,19,21,25H,12H2,(H,22,23,24). The Balaban J connectivity index is 1.51. The van der Waals surface area contributed by atoms with E-state index in [9.17, 15) is 5.11 Å². The first-order valence-corrected chi connectivity index (χ1v) is 8.16. The molecule has 25 heavy (non-hydrogen) atoms. The number of hydrogen-bond acceptors (Lipinski definition) is 4. The van der Waals surface area contributed by atoms with Crippen molar-refractivity contribution in [3.8, 4) is 11.3 Å². The van der Waals surface area contributed by atoms with Gasteiger partial charge < -0.3 is 15.4 Å². The highest BCUT2D eigenvalue weighted by Crippen LogP contribution is 2.23. The number of aliphatic hydroxyl groups is 1. The third-order valence-corrected chi connectivity index (χ3v) is 4.18. The number of aromatic amines is 1. The maximum atomic E-state index is 10.3. The number of aliphatic hydroxyl groups excluding tert-OH is 1. The molecule has 0 aliphatic rings. The number of nitrogens with one attached hydrogen (secondary N) is 2. The molecule has 5 nitrogen and oxygen atoms in total. The molecular weight excluding hydrogens is 312 g/mol. The molecular formula is C20H18N4O. The highest BCUT2D eigenvalue weighted by Gasteiger charge is 2.08. The lowest BCUT2D eigenvalue weighted by Gasteiger charge is -2.13. The van der Waals surface area contributed by atoms with Gasteiger partial charge in [0, 0.05) is 35.3 Å². The fraction of sp³-hybridized carbons (Fsp3) is 0.100. The molecule has 1 atom stereocenters. The molecule has 0 saturated heterocycles. The van der Waals surface area contributed by atoms with Gasteiger partial charge in [0.15, 0.2) is 0 Å². The molecule has 0 fully saturated rings. The second-order valence-corrected chi connectivity index (χ2v) is 5.88. The van der Waals surface area contributed by atoms with Gasteiger partial charge in [0.2, 0.25) is 0 Å². The first kappa shape index (κ1) is 15.4. The Morgan fingerprint density at radius 2 is 1.88 bits per heavy atom. The maximum absolute atomic E-state index is 10.3. The van der Waals surface area contributed by atoms with Gasteiger partial charge >= 0.3 is 0 Å². The van der Waals surface area contributed by atoms with E-state index in [1.165, 1.54) is 6.33 Å². The highest BCUT2D eigenvalue weighted by molar-refractivity contribution is 5.84. The van der Waals surface area contributed by atoms with E-state index in [2.05, 4.69) is 26.3 Å². The molecule has 0 spiro atoms. The minimum Gasteiger partial charge on any atom is -0.387 e. The van der Waals surface area contributed by atoms with E-state index < -0.39 is 6.10 Å². The zero-order valence-corrected chi connectivity index (χ0v) is 13.6. The number of aromatic nitrogens is 3. The number of benzene rings is 2. The van der Waals surface area contributed by atoms with Crippen LogP contribution in [-0.4, -0.2) is 26.6 Å². The summed E-state index contributed by atoms with van der Waals surface area (Å²) in [5.74, 6) is 0.689. The van der Waals surface area contributed by atoms with E-state index in [1.54, 1.807) is 0 Å². The van der Waals surface area contributed by atoms with Crippen molar-refractivity contribution in [2.75, 3.05) is 11.9 Å². The van der Waals surface area contributed by atoms with Crippen LogP contribution >= 0.6 is 0 Å². The minimum absolute atomic E-state index is 0.386. The number of anilines is 1. The molecule has 0 bridgehead atoms. The average molecular weight is 330 g/mol. The van der Waals surface area contributed by atoms with Crippen LogP contribution in [0.3, 0.4) is 0 Å². The summed E-state index contributed by atoms with van der Waals surface area (Å²) >= 11 is 0. The van der Waals surface area contributed by atoms with Crippen LogP contribution in [0.2, 0.25) is 0 Å². The van der Waals surface area contributed by atoms with Crippen LogP contribution in [0.15, 0.2) is 73.2 Å². The Morgan fingerprint density at radius 1 is 1.00 bits per heavy atom. The van der Waals surface area contributed by atoms with Crippen molar-refractivity contribution in [1.82, 2.24) is 15.0 Å². The molecule has 5 heteroatoms. The monoisotopic (exact) mass is 330 g/mol. The van der Waals surface area contributed by atoms with Gasteiger partial charge in [-0.05, 0) is 23.8 Å². The SMILES string of the molecule is OC(CNc1cc(-c2ccc3[nH]ccc3c2)ncn1)c1ccccc1. The zero-order chi connectivity index (χ0) is 17.1. The van der Waals surface area contributed by atoms with Crippen molar-refractivity contribution in [2.45, 2.75) is 6.10 Å². The first-order valence-electron chi connectivity index (χ1n) is 8.16. The van der Waals surface area contributed by atoms with Gasteiger partial charge in [-0.1, -0.05) is 36.4 Å². The Kier molecular flexibility index (Phi) is 4.14. The first-order chi connectivity index (χ1) is 12.3. The summed E-state index contributed by atoms with van der Waals surface area (Å²) in [6, 6.07) is 19.7. The lowest BCUT2D eigenvalue weighted by molar-refractivity contribution is 0.191. The summed E-state index contributed by atoms with van der Waals surface area (Å²) in [5, 5.41) is 14.6.